The molecule has 0 radical (unpaired) electrons. The minimum Gasteiger partial charge on any atom is -0.383 e. The van der Waals surface area contributed by atoms with Gasteiger partial charge in [0.05, 0.1) is 11.5 Å². The van der Waals surface area contributed by atoms with Crippen molar-refractivity contribution in [2.24, 2.45) is 5.73 Å². The Kier molecular flexibility index (Phi) is 4.69. The van der Waals surface area contributed by atoms with Gasteiger partial charge in [-0.3, -0.25) is 14.9 Å². The topological polar surface area (TPSA) is 107 Å². The molecule has 1 unspecified atom stereocenters. The summed E-state index contributed by atoms with van der Waals surface area (Å²) in [5.74, 6) is -1.66. The zero-order chi connectivity index (χ0) is 13.7. The first-order chi connectivity index (χ1) is 8.47. The Bertz CT molecular complexity index is 466. The molecule has 3 N–H and O–H groups in total. The quantitative estimate of drug-likeness (QED) is 0.594. The van der Waals surface area contributed by atoms with Gasteiger partial charge < -0.3 is 15.8 Å². The Morgan fingerprint density at radius 2 is 2.33 bits per heavy atom. The molecule has 0 aliphatic rings. The van der Waals surface area contributed by atoms with E-state index in [1.165, 1.54) is 13.2 Å². The number of ether oxygens (including phenoxy) is 1. The molecule has 1 amide bonds. The summed E-state index contributed by atoms with van der Waals surface area (Å²) in [7, 11) is 1.35. The Morgan fingerprint density at radius 1 is 1.67 bits per heavy atom. The molecule has 0 bridgehead atoms. The first-order valence-electron chi connectivity index (χ1n) is 4.95. The highest BCUT2D eigenvalue weighted by molar-refractivity contribution is 5.96. The molecule has 0 aromatic heterocycles. The van der Waals surface area contributed by atoms with E-state index < -0.39 is 34.1 Å². The number of carbonyl (C=O) groups excluding carboxylic acids is 1. The Hall–Kier alpha value is -2.06. The third-order valence-corrected chi connectivity index (χ3v) is 2.12. The van der Waals surface area contributed by atoms with Gasteiger partial charge in [0.1, 0.15) is 6.04 Å². The molecule has 0 spiro atoms. The Morgan fingerprint density at radius 3 is 2.89 bits per heavy atom. The molecule has 1 aromatic rings. The summed E-state index contributed by atoms with van der Waals surface area (Å²) >= 11 is 0. The second-order valence-corrected chi connectivity index (χ2v) is 3.44. The number of hydrogen-bond donors (Lipinski definition) is 2. The number of anilines is 1. The van der Waals surface area contributed by atoms with Crippen LogP contribution in [0.1, 0.15) is 0 Å². The number of nitrogens with zero attached hydrogens (tertiary/aromatic N) is 1. The maximum Gasteiger partial charge on any atom is 0.295 e. The predicted molar refractivity (Wildman–Crippen MR) is 61.5 cm³/mol. The number of benzene rings is 1. The van der Waals surface area contributed by atoms with E-state index in [2.05, 4.69) is 10.1 Å². The lowest BCUT2D eigenvalue weighted by Crippen LogP contribution is -2.39. The molecule has 0 saturated carbocycles. The fourth-order valence-corrected chi connectivity index (χ4v) is 1.26. The van der Waals surface area contributed by atoms with Crippen LogP contribution in [0, 0.1) is 15.9 Å². The van der Waals surface area contributed by atoms with Gasteiger partial charge in [-0.05, 0) is 6.07 Å². The summed E-state index contributed by atoms with van der Waals surface area (Å²) < 4.78 is 18.1. The van der Waals surface area contributed by atoms with E-state index in [1.54, 1.807) is 0 Å². The molecule has 0 fully saturated rings. The number of hydrogen-bond acceptors (Lipinski definition) is 5. The van der Waals surface area contributed by atoms with Gasteiger partial charge in [0.2, 0.25) is 5.91 Å². The van der Waals surface area contributed by atoms with Gasteiger partial charge in [-0.2, -0.15) is 0 Å². The summed E-state index contributed by atoms with van der Waals surface area (Å²) in [5, 5.41) is 12.8. The van der Waals surface area contributed by atoms with Crippen molar-refractivity contribution < 1.29 is 18.8 Å². The fourth-order valence-electron chi connectivity index (χ4n) is 1.26. The number of methoxy groups -OCH3 is 1. The van der Waals surface area contributed by atoms with Gasteiger partial charge in [0.25, 0.3) is 5.69 Å². The smallest absolute Gasteiger partial charge is 0.295 e. The van der Waals surface area contributed by atoms with Crippen LogP contribution in [0.2, 0.25) is 0 Å². The van der Waals surface area contributed by atoms with Crippen LogP contribution < -0.4 is 11.1 Å². The SMILES string of the molecule is COCC(N)C(=O)Nc1c(F)cccc1[N+](=O)[O-]. The second kappa shape index (κ2) is 6.03. The second-order valence-electron chi connectivity index (χ2n) is 3.44. The molecular weight excluding hydrogens is 245 g/mol. The fraction of sp³-hybridized carbons (Fsp3) is 0.300. The maximum absolute atomic E-state index is 13.4. The van der Waals surface area contributed by atoms with Crippen LogP contribution in [-0.2, 0) is 9.53 Å². The molecule has 1 atom stereocenters. The van der Waals surface area contributed by atoms with Gasteiger partial charge in [-0.1, -0.05) is 6.07 Å². The van der Waals surface area contributed by atoms with E-state index in [-0.39, 0.29) is 6.61 Å². The van der Waals surface area contributed by atoms with Crippen molar-refractivity contribution in [3.8, 4) is 0 Å². The number of halogens is 1. The van der Waals surface area contributed by atoms with Crippen molar-refractivity contribution in [2.45, 2.75) is 6.04 Å². The molecule has 8 heteroatoms. The third kappa shape index (κ3) is 3.22. The molecule has 0 aliphatic heterocycles. The van der Waals surface area contributed by atoms with Crippen LogP contribution in [0.3, 0.4) is 0 Å². The van der Waals surface area contributed by atoms with Crippen molar-refractivity contribution >= 4 is 17.3 Å². The molecule has 1 rings (SSSR count). The molecule has 7 nitrogen and oxygen atoms in total. The zero-order valence-corrected chi connectivity index (χ0v) is 9.55. The van der Waals surface area contributed by atoms with Crippen molar-refractivity contribution in [2.75, 3.05) is 19.0 Å². The van der Waals surface area contributed by atoms with E-state index >= 15 is 0 Å². The van der Waals surface area contributed by atoms with Gasteiger partial charge in [-0.15, -0.1) is 0 Å². The average Bonchev–Trinajstić information content (AvgIpc) is 2.31. The number of carbonyl (C=O) groups is 1. The van der Waals surface area contributed by atoms with Crippen molar-refractivity contribution in [3.05, 3.63) is 34.1 Å². The van der Waals surface area contributed by atoms with Gasteiger partial charge in [0.15, 0.2) is 11.5 Å². The largest absolute Gasteiger partial charge is 0.383 e. The van der Waals surface area contributed by atoms with Crippen LogP contribution in [0.25, 0.3) is 0 Å². The number of rotatable bonds is 5. The van der Waals surface area contributed by atoms with Crippen LogP contribution in [0.5, 0.6) is 0 Å². The number of nitro benzene ring substituents is 1. The first-order valence-corrected chi connectivity index (χ1v) is 4.95. The van der Waals surface area contributed by atoms with E-state index in [0.29, 0.717) is 0 Å². The van der Waals surface area contributed by atoms with Crippen molar-refractivity contribution in [1.82, 2.24) is 0 Å². The van der Waals surface area contributed by atoms with E-state index in [4.69, 9.17) is 5.73 Å². The zero-order valence-electron chi connectivity index (χ0n) is 9.55. The molecule has 0 saturated heterocycles. The maximum atomic E-state index is 13.4. The van der Waals surface area contributed by atoms with Crippen LogP contribution >= 0.6 is 0 Å². The minimum absolute atomic E-state index is 0.0753. The van der Waals surface area contributed by atoms with Gasteiger partial charge in [0, 0.05) is 13.2 Å². The predicted octanol–water partition coefficient (Wildman–Crippen LogP) is 0.646. The summed E-state index contributed by atoms with van der Waals surface area (Å²) in [5.41, 5.74) is 4.39. The number of nitro groups is 1. The highest BCUT2D eigenvalue weighted by Gasteiger charge is 2.22. The van der Waals surface area contributed by atoms with Crippen LogP contribution in [-0.4, -0.2) is 30.6 Å². The molecule has 0 heterocycles. The highest BCUT2D eigenvalue weighted by Crippen LogP contribution is 2.26. The summed E-state index contributed by atoms with van der Waals surface area (Å²) in [6.45, 7) is -0.0753. The molecule has 98 valence electrons. The average molecular weight is 257 g/mol. The monoisotopic (exact) mass is 257 g/mol. The molecule has 18 heavy (non-hydrogen) atoms. The normalized spacial score (nSPS) is 11.9. The third-order valence-electron chi connectivity index (χ3n) is 2.12. The van der Waals surface area contributed by atoms with Crippen molar-refractivity contribution in [1.29, 1.82) is 0 Å². The van der Waals surface area contributed by atoms with Crippen LogP contribution in [0.4, 0.5) is 15.8 Å². The van der Waals surface area contributed by atoms with Gasteiger partial charge in [-0.25, -0.2) is 4.39 Å². The summed E-state index contributed by atoms with van der Waals surface area (Å²) in [4.78, 5) is 21.4. The summed E-state index contributed by atoms with van der Waals surface area (Å²) in [6, 6.07) is 2.23. The molecular formula is C10H12FN3O4. The van der Waals surface area contributed by atoms with E-state index in [1.807, 2.05) is 0 Å². The summed E-state index contributed by atoms with van der Waals surface area (Å²) in [6.07, 6.45) is 0. The minimum atomic E-state index is -1.03. The van der Waals surface area contributed by atoms with E-state index in [0.717, 1.165) is 12.1 Å². The van der Waals surface area contributed by atoms with Crippen molar-refractivity contribution in [3.63, 3.8) is 0 Å². The molecule has 1 aromatic carbocycles. The van der Waals surface area contributed by atoms with Crippen LogP contribution in [0.15, 0.2) is 18.2 Å². The number of para-hydroxylation sites is 1. The first kappa shape index (κ1) is 14.0. The number of nitrogens with one attached hydrogen (secondary N) is 1. The lowest BCUT2D eigenvalue weighted by molar-refractivity contribution is -0.384. The van der Waals surface area contributed by atoms with Gasteiger partial charge >= 0.3 is 0 Å². The number of nitrogens with two attached hydrogens (primary N) is 1. The Balaban J connectivity index is 2.96. The lowest BCUT2D eigenvalue weighted by Gasteiger charge is -2.11. The number of amides is 1. The highest BCUT2D eigenvalue weighted by atomic mass is 19.1. The van der Waals surface area contributed by atoms with E-state index in [9.17, 15) is 19.3 Å². The Labute approximate surface area is 102 Å². The standard InChI is InChI=1S/C10H12FN3O4/c1-18-5-7(12)10(15)13-9-6(11)3-2-4-8(9)14(16)17/h2-4,7H,5,12H2,1H3,(H,13,15). The molecule has 0 aliphatic carbocycles. The lowest BCUT2D eigenvalue weighted by atomic mass is 10.2.